The molecule has 124 valence electrons. The minimum atomic E-state index is -3.85. The van der Waals surface area contributed by atoms with E-state index in [4.69, 9.17) is 0 Å². The standard InChI is InChI=1S/C17H16FN3O2S/c1-11-2-4-12(5-3-11)24(22,23)21-15-10-19-9-8-13(15)14-6-7-16(18)20-17(14)21/h2-7,19H,8-10H2,1H3. The molecule has 5 nitrogen and oxygen atoms in total. The van der Waals surface area contributed by atoms with Gasteiger partial charge in [-0.3, -0.25) is 0 Å². The highest BCUT2D eigenvalue weighted by atomic mass is 32.2. The second-order valence-corrected chi connectivity index (χ2v) is 7.73. The summed E-state index contributed by atoms with van der Waals surface area (Å²) in [6.07, 6.45) is 0.690. The van der Waals surface area contributed by atoms with Gasteiger partial charge in [0.2, 0.25) is 5.95 Å². The lowest BCUT2D eigenvalue weighted by Crippen LogP contribution is -2.27. The number of nitrogens with zero attached hydrogens (tertiary/aromatic N) is 2. The van der Waals surface area contributed by atoms with Crippen LogP contribution in [0.15, 0.2) is 41.3 Å². The number of nitrogens with one attached hydrogen (secondary N) is 1. The van der Waals surface area contributed by atoms with Crippen LogP contribution in [0.4, 0.5) is 4.39 Å². The van der Waals surface area contributed by atoms with Crippen LogP contribution >= 0.6 is 0 Å². The van der Waals surface area contributed by atoms with Crippen LogP contribution in [0.5, 0.6) is 0 Å². The van der Waals surface area contributed by atoms with Crippen molar-refractivity contribution < 1.29 is 12.8 Å². The van der Waals surface area contributed by atoms with Gasteiger partial charge >= 0.3 is 0 Å². The first-order valence-corrected chi connectivity index (χ1v) is 9.14. The van der Waals surface area contributed by atoms with Crippen molar-refractivity contribution in [1.82, 2.24) is 14.3 Å². The van der Waals surface area contributed by atoms with Crippen molar-refractivity contribution in [3.8, 4) is 0 Å². The molecule has 1 aliphatic rings. The van der Waals surface area contributed by atoms with Gasteiger partial charge in [-0.05, 0) is 49.7 Å². The summed E-state index contributed by atoms with van der Waals surface area (Å²) in [5.41, 5.74) is 2.69. The maximum Gasteiger partial charge on any atom is 0.269 e. The average Bonchev–Trinajstić information content (AvgIpc) is 2.89. The monoisotopic (exact) mass is 345 g/mol. The Morgan fingerprint density at radius 3 is 2.67 bits per heavy atom. The highest BCUT2D eigenvalue weighted by Crippen LogP contribution is 2.31. The molecule has 0 amide bonds. The molecule has 0 saturated carbocycles. The van der Waals surface area contributed by atoms with E-state index in [1.54, 1.807) is 30.3 Å². The summed E-state index contributed by atoms with van der Waals surface area (Å²) in [6.45, 7) is 3.07. The third-order valence-corrected chi connectivity index (χ3v) is 6.10. The van der Waals surface area contributed by atoms with E-state index in [1.165, 1.54) is 10.0 Å². The summed E-state index contributed by atoms with van der Waals surface area (Å²) in [5.74, 6) is -0.689. The first-order valence-electron chi connectivity index (χ1n) is 7.70. The number of pyridine rings is 1. The van der Waals surface area contributed by atoms with Gasteiger partial charge in [-0.2, -0.15) is 4.39 Å². The van der Waals surface area contributed by atoms with E-state index in [0.29, 0.717) is 24.0 Å². The molecule has 0 atom stereocenters. The number of rotatable bonds is 2. The van der Waals surface area contributed by atoms with E-state index in [-0.39, 0.29) is 10.5 Å². The fourth-order valence-corrected chi connectivity index (χ4v) is 4.70. The Balaban J connectivity index is 2.05. The Labute approximate surface area is 139 Å². The van der Waals surface area contributed by atoms with Crippen LogP contribution in [0, 0.1) is 12.9 Å². The van der Waals surface area contributed by atoms with Gasteiger partial charge in [-0.25, -0.2) is 17.4 Å². The topological polar surface area (TPSA) is 64.0 Å². The smallest absolute Gasteiger partial charge is 0.269 e. The van der Waals surface area contributed by atoms with Crippen LogP contribution in [-0.4, -0.2) is 23.9 Å². The number of halogens is 1. The SMILES string of the molecule is Cc1ccc(S(=O)(=O)n2c3c(c4ccc(F)nc42)CCNC3)cc1. The summed E-state index contributed by atoms with van der Waals surface area (Å²) < 4.78 is 41.2. The van der Waals surface area contributed by atoms with Gasteiger partial charge in [0.25, 0.3) is 10.0 Å². The van der Waals surface area contributed by atoms with Crippen molar-refractivity contribution in [1.29, 1.82) is 0 Å². The molecule has 7 heteroatoms. The summed E-state index contributed by atoms with van der Waals surface area (Å²) in [5, 5.41) is 3.88. The average molecular weight is 345 g/mol. The molecule has 1 aromatic carbocycles. The zero-order valence-electron chi connectivity index (χ0n) is 13.1. The van der Waals surface area contributed by atoms with Crippen molar-refractivity contribution in [3.05, 3.63) is 59.2 Å². The normalized spacial score (nSPS) is 14.8. The van der Waals surface area contributed by atoms with Crippen LogP contribution in [0.1, 0.15) is 16.8 Å². The van der Waals surface area contributed by atoms with Crippen molar-refractivity contribution >= 4 is 21.1 Å². The molecule has 0 unspecified atom stereocenters. The van der Waals surface area contributed by atoms with E-state index < -0.39 is 16.0 Å². The quantitative estimate of drug-likeness (QED) is 0.724. The van der Waals surface area contributed by atoms with E-state index >= 15 is 0 Å². The Hall–Kier alpha value is -2.25. The lowest BCUT2D eigenvalue weighted by molar-refractivity contribution is 0.574. The summed E-state index contributed by atoms with van der Waals surface area (Å²) in [6, 6.07) is 9.52. The number of hydrogen-bond donors (Lipinski definition) is 1. The predicted molar refractivity (Wildman–Crippen MR) is 88.9 cm³/mol. The highest BCUT2D eigenvalue weighted by Gasteiger charge is 2.29. The van der Waals surface area contributed by atoms with Gasteiger partial charge in [-0.15, -0.1) is 0 Å². The van der Waals surface area contributed by atoms with E-state index in [9.17, 15) is 12.8 Å². The summed E-state index contributed by atoms with van der Waals surface area (Å²) in [4.78, 5) is 4.05. The molecule has 0 saturated heterocycles. The molecular formula is C17H16FN3O2S. The Morgan fingerprint density at radius 1 is 1.17 bits per heavy atom. The lowest BCUT2D eigenvalue weighted by Gasteiger charge is -2.17. The molecule has 3 heterocycles. The summed E-state index contributed by atoms with van der Waals surface area (Å²) >= 11 is 0. The van der Waals surface area contributed by atoms with Crippen LogP contribution in [0.25, 0.3) is 11.0 Å². The van der Waals surface area contributed by atoms with Crippen molar-refractivity contribution in [3.63, 3.8) is 0 Å². The first kappa shape index (κ1) is 15.3. The molecule has 0 aliphatic carbocycles. The molecule has 0 fully saturated rings. The molecule has 1 N–H and O–H groups in total. The maximum atomic E-state index is 13.7. The second kappa shape index (κ2) is 5.39. The predicted octanol–water partition coefficient (Wildman–Crippen LogP) is 2.37. The zero-order chi connectivity index (χ0) is 16.9. The Morgan fingerprint density at radius 2 is 1.92 bits per heavy atom. The van der Waals surface area contributed by atoms with E-state index in [0.717, 1.165) is 17.7 Å². The van der Waals surface area contributed by atoms with Crippen molar-refractivity contribution in [2.24, 2.45) is 0 Å². The highest BCUT2D eigenvalue weighted by molar-refractivity contribution is 7.90. The molecule has 0 bridgehead atoms. The number of benzene rings is 1. The van der Waals surface area contributed by atoms with E-state index in [1.807, 2.05) is 6.92 Å². The largest absolute Gasteiger partial charge is 0.311 e. The van der Waals surface area contributed by atoms with Gasteiger partial charge in [-0.1, -0.05) is 17.7 Å². The molecular weight excluding hydrogens is 329 g/mol. The number of aryl methyl sites for hydroxylation is 1. The second-order valence-electron chi connectivity index (χ2n) is 5.94. The Kier molecular flexibility index (Phi) is 3.43. The van der Waals surface area contributed by atoms with Gasteiger partial charge in [0.05, 0.1) is 10.6 Å². The lowest BCUT2D eigenvalue weighted by atomic mass is 10.1. The van der Waals surface area contributed by atoms with Crippen molar-refractivity contribution in [2.75, 3.05) is 6.54 Å². The first-order chi connectivity index (χ1) is 11.5. The number of aromatic nitrogens is 2. The molecule has 1 aliphatic heterocycles. The Bertz CT molecular complexity index is 1040. The minimum absolute atomic E-state index is 0.157. The van der Waals surface area contributed by atoms with Crippen LogP contribution < -0.4 is 5.32 Å². The summed E-state index contributed by atoms with van der Waals surface area (Å²) in [7, 11) is -3.85. The van der Waals surface area contributed by atoms with Gasteiger partial charge < -0.3 is 5.32 Å². The van der Waals surface area contributed by atoms with Gasteiger partial charge in [0.15, 0.2) is 5.65 Å². The van der Waals surface area contributed by atoms with Crippen LogP contribution in [-0.2, 0) is 23.0 Å². The molecule has 0 radical (unpaired) electrons. The van der Waals surface area contributed by atoms with Crippen LogP contribution in [0.3, 0.4) is 0 Å². The minimum Gasteiger partial charge on any atom is -0.311 e. The number of fused-ring (bicyclic) bond motifs is 3. The number of hydrogen-bond acceptors (Lipinski definition) is 4. The third-order valence-electron chi connectivity index (χ3n) is 4.36. The van der Waals surface area contributed by atoms with Crippen molar-refractivity contribution in [2.45, 2.75) is 24.8 Å². The molecule has 0 spiro atoms. The molecule has 2 aromatic heterocycles. The third kappa shape index (κ3) is 2.23. The van der Waals surface area contributed by atoms with Gasteiger partial charge in [0.1, 0.15) is 0 Å². The fraction of sp³-hybridized carbons (Fsp3) is 0.235. The fourth-order valence-electron chi connectivity index (χ4n) is 3.17. The van der Waals surface area contributed by atoms with Crippen LogP contribution in [0.2, 0.25) is 0 Å². The van der Waals surface area contributed by atoms with E-state index in [2.05, 4.69) is 10.3 Å². The molecule has 4 rings (SSSR count). The zero-order valence-corrected chi connectivity index (χ0v) is 13.9. The molecule has 3 aromatic rings. The maximum absolute atomic E-state index is 13.7. The van der Waals surface area contributed by atoms with Gasteiger partial charge in [0, 0.05) is 11.9 Å². The molecule has 24 heavy (non-hydrogen) atoms.